The summed E-state index contributed by atoms with van der Waals surface area (Å²) in [6.45, 7) is 0.853. The fourth-order valence-electron chi connectivity index (χ4n) is 2.90. The highest BCUT2D eigenvalue weighted by atomic mass is 35.5. The zero-order valence-corrected chi connectivity index (χ0v) is 12.2. The fourth-order valence-corrected chi connectivity index (χ4v) is 3.10. The van der Waals surface area contributed by atoms with Crippen molar-refractivity contribution in [1.29, 1.82) is 0 Å². The minimum absolute atomic E-state index is 0.148. The zero-order valence-electron chi connectivity index (χ0n) is 11.5. The van der Waals surface area contributed by atoms with E-state index in [2.05, 4.69) is 11.4 Å². The van der Waals surface area contributed by atoms with Crippen LogP contribution in [0.5, 0.6) is 0 Å². The lowest BCUT2D eigenvalue weighted by molar-refractivity contribution is -0.121. The van der Waals surface area contributed by atoms with E-state index in [4.69, 9.17) is 16.3 Å². The maximum absolute atomic E-state index is 11.9. The topological polar surface area (TPSA) is 38.3 Å². The molecule has 1 heterocycles. The SMILES string of the molecule is O=C(CC[C@@H]1CCCO1)N[C@H]1C[C@@H]1c1cccc(Cl)c1. The molecule has 108 valence electrons. The van der Waals surface area contributed by atoms with Gasteiger partial charge in [-0.15, -0.1) is 0 Å². The van der Waals surface area contributed by atoms with E-state index in [0.29, 0.717) is 18.4 Å². The highest BCUT2D eigenvalue weighted by molar-refractivity contribution is 6.30. The van der Waals surface area contributed by atoms with E-state index >= 15 is 0 Å². The Morgan fingerprint density at radius 1 is 1.45 bits per heavy atom. The molecule has 3 nitrogen and oxygen atoms in total. The molecule has 1 amide bonds. The van der Waals surface area contributed by atoms with Gasteiger partial charge >= 0.3 is 0 Å². The number of benzene rings is 1. The van der Waals surface area contributed by atoms with E-state index in [-0.39, 0.29) is 11.9 Å². The van der Waals surface area contributed by atoms with Gasteiger partial charge in [-0.1, -0.05) is 23.7 Å². The van der Waals surface area contributed by atoms with Crippen molar-refractivity contribution in [3.63, 3.8) is 0 Å². The molecule has 0 bridgehead atoms. The molecule has 4 heteroatoms. The van der Waals surface area contributed by atoms with Crippen LogP contribution in [0.15, 0.2) is 24.3 Å². The molecule has 20 heavy (non-hydrogen) atoms. The Kier molecular flexibility index (Phi) is 4.27. The standard InChI is InChI=1S/C16H20ClNO2/c17-12-4-1-3-11(9-12)14-10-15(14)18-16(19)7-6-13-5-2-8-20-13/h1,3-4,9,13-15H,2,5-8,10H2,(H,18,19)/t13-,14+,15-/m0/s1. The van der Waals surface area contributed by atoms with Crippen LogP contribution in [0.1, 0.15) is 43.6 Å². The first kappa shape index (κ1) is 13.9. The summed E-state index contributed by atoms with van der Waals surface area (Å²) < 4.78 is 5.53. The Labute approximate surface area is 124 Å². The lowest BCUT2D eigenvalue weighted by atomic mass is 10.1. The maximum Gasteiger partial charge on any atom is 0.220 e. The van der Waals surface area contributed by atoms with Crippen molar-refractivity contribution in [2.45, 2.75) is 50.2 Å². The van der Waals surface area contributed by atoms with Gasteiger partial charge < -0.3 is 10.1 Å². The van der Waals surface area contributed by atoms with Crippen LogP contribution in [-0.2, 0) is 9.53 Å². The van der Waals surface area contributed by atoms with Crippen LogP contribution in [0.2, 0.25) is 5.02 Å². The van der Waals surface area contributed by atoms with Gasteiger partial charge in [-0.3, -0.25) is 4.79 Å². The van der Waals surface area contributed by atoms with Gasteiger partial charge in [0, 0.05) is 30.0 Å². The van der Waals surface area contributed by atoms with Crippen molar-refractivity contribution in [3.05, 3.63) is 34.9 Å². The zero-order chi connectivity index (χ0) is 13.9. The van der Waals surface area contributed by atoms with Crippen LogP contribution >= 0.6 is 11.6 Å². The van der Waals surface area contributed by atoms with Crippen molar-refractivity contribution in [2.75, 3.05) is 6.61 Å². The number of ether oxygens (including phenoxy) is 1. The lowest BCUT2D eigenvalue weighted by Gasteiger charge is -2.09. The van der Waals surface area contributed by atoms with Crippen LogP contribution in [0.3, 0.4) is 0 Å². The first-order valence-corrected chi connectivity index (χ1v) is 7.76. The Balaban J connectivity index is 1.42. The van der Waals surface area contributed by atoms with Gasteiger partial charge in [0.1, 0.15) is 0 Å². The number of amides is 1. The molecule has 1 saturated carbocycles. The molecule has 0 aromatic heterocycles. The van der Waals surface area contributed by atoms with Gasteiger partial charge in [0.05, 0.1) is 6.10 Å². The Morgan fingerprint density at radius 3 is 3.10 bits per heavy atom. The van der Waals surface area contributed by atoms with Gasteiger partial charge in [0.15, 0.2) is 0 Å². The van der Waals surface area contributed by atoms with Crippen molar-refractivity contribution >= 4 is 17.5 Å². The number of hydrogen-bond donors (Lipinski definition) is 1. The summed E-state index contributed by atoms with van der Waals surface area (Å²) in [6, 6.07) is 8.19. The molecule has 3 atom stereocenters. The summed E-state index contributed by atoms with van der Waals surface area (Å²) in [4.78, 5) is 11.9. The highest BCUT2D eigenvalue weighted by Crippen LogP contribution is 2.41. The van der Waals surface area contributed by atoms with Crippen molar-refractivity contribution in [2.24, 2.45) is 0 Å². The molecule has 1 N–H and O–H groups in total. The van der Waals surface area contributed by atoms with Crippen LogP contribution in [-0.4, -0.2) is 24.7 Å². The van der Waals surface area contributed by atoms with Gasteiger partial charge in [-0.2, -0.15) is 0 Å². The van der Waals surface area contributed by atoms with E-state index in [1.165, 1.54) is 5.56 Å². The van der Waals surface area contributed by atoms with Gasteiger partial charge in [0.2, 0.25) is 5.91 Å². The third kappa shape index (κ3) is 3.53. The molecule has 3 rings (SSSR count). The second kappa shape index (κ2) is 6.15. The molecule has 0 unspecified atom stereocenters. The smallest absolute Gasteiger partial charge is 0.220 e. The summed E-state index contributed by atoms with van der Waals surface area (Å²) in [5.74, 6) is 0.579. The third-order valence-electron chi connectivity index (χ3n) is 4.13. The average Bonchev–Trinajstić information content (AvgIpc) is 2.99. The first-order chi connectivity index (χ1) is 9.72. The predicted molar refractivity (Wildman–Crippen MR) is 78.9 cm³/mol. The summed E-state index contributed by atoms with van der Waals surface area (Å²) in [7, 11) is 0. The van der Waals surface area contributed by atoms with Crippen molar-refractivity contribution in [1.82, 2.24) is 5.32 Å². The van der Waals surface area contributed by atoms with Crippen LogP contribution in [0.4, 0.5) is 0 Å². The lowest BCUT2D eigenvalue weighted by Crippen LogP contribution is -2.27. The fraction of sp³-hybridized carbons (Fsp3) is 0.562. The number of halogens is 1. The normalized spacial score (nSPS) is 28.4. The number of hydrogen-bond acceptors (Lipinski definition) is 2. The number of nitrogens with one attached hydrogen (secondary N) is 1. The second-order valence-electron chi connectivity index (χ2n) is 5.74. The van der Waals surface area contributed by atoms with Crippen molar-refractivity contribution < 1.29 is 9.53 Å². The Hall–Kier alpha value is -1.06. The van der Waals surface area contributed by atoms with E-state index in [0.717, 1.165) is 37.3 Å². The molecule has 1 aromatic carbocycles. The summed E-state index contributed by atoms with van der Waals surface area (Å²) in [5.41, 5.74) is 1.22. The monoisotopic (exact) mass is 293 g/mol. The number of carbonyl (C=O) groups is 1. The molecule has 0 spiro atoms. The van der Waals surface area contributed by atoms with Crippen LogP contribution < -0.4 is 5.32 Å². The third-order valence-corrected chi connectivity index (χ3v) is 4.37. The first-order valence-electron chi connectivity index (χ1n) is 7.39. The Morgan fingerprint density at radius 2 is 2.35 bits per heavy atom. The minimum Gasteiger partial charge on any atom is -0.378 e. The molecular weight excluding hydrogens is 274 g/mol. The average molecular weight is 294 g/mol. The maximum atomic E-state index is 11.9. The molecule has 2 aliphatic rings. The van der Waals surface area contributed by atoms with Crippen LogP contribution in [0, 0.1) is 0 Å². The summed E-state index contributed by atoms with van der Waals surface area (Å²) in [6.07, 6.45) is 4.97. The quantitative estimate of drug-likeness (QED) is 0.905. The minimum atomic E-state index is 0.148. The summed E-state index contributed by atoms with van der Waals surface area (Å²) >= 11 is 5.99. The molecule has 1 aliphatic carbocycles. The van der Waals surface area contributed by atoms with Crippen LogP contribution in [0.25, 0.3) is 0 Å². The highest BCUT2D eigenvalue weighted by Gasteiger charge is 2.39. The second-order valence-corrected chi connectivity index (χ2v) is 6.18. The van der Waals surface area contributed by atoms with E-state index in [1.54, 1.807) is 0 Å². The molecule has 2 fully saturated rings. The van der Waals surface area contributed by atoms with Gasteiger partial charge in [-0.25, -0.2) is 0 Å². The van der Waals surface area contributed by atoms with Gasteiger partial charge in [0.25, 0.3) is 0 Å². The summed E-state index contributed by atoms with van der Waals surface area (Å²) in [5, 5.41) is 3.87. The largest absolute Gasteiger partial charge is 0.378 e. The van der Waals surface area contributed by atoms with E-state index in [1.807, 2.05) is 18.2 Å². The molecule has 1 aromatic rings. The van der Waals surface area contributed by atoms with E-state index < -0.39 is 0 Å². The van der Waals surface area contributed by atoms with Gasteiger partial charge in [-0.05, 0) is 43.4 Å². The molecule has 0 radical (unpaired) electrons. The van der Waals surface area contributed by atoms with E-state index in [9.17, 15) is 4.79 Å². The molecule has 1 saturated heterocycles. The van der Waals surface area contributed by atoms with Crippen molar-refractivity contribution in [3.8, 4) is 0 Å². The predicted octanol–water partition coefficient (Wildman–Crippen LogP) is 3.27. The molecule has 1 aliphatic heterocycles. The number of carbonyl (C=O) groups excluding carboxylic acids is 1. The Bertz CT molecular complexity index is 485. The number of rotatable bonds is 5. The molecular formula is C16H20ClNO2.